The summed E-state index contributed by atoms with van der Waals surface area (Å²) >= 11 is 0.984. The Morgan fingerprint density at radius 3 is 2.35 bits per heavy atom. The first-order chi connectivity index (χ1) is 9.52. The summed E-state index contributed by atoms with van der Waals surface area (Å²) in [6.45, 7) is 1.05. The fraction of sp³-hybridized carbons (Fsp3) is 0.462. The topological polar surface area (TPSA) is 86.7 Å². The molecule has 0 saturated carbocycles. The van der Waals surface area contributed by atoms with Crippen molar-refractivity contribution >= 4 is 29.1 Å². The van der Waals surface area contributed by atoms with Crippen molar-refractivity contribution in [2.24, 2.45) is 5.92 Å². The van der Waals surface area contributed by atoms with Crippen molar-refractivity contribution in [2.75, 3.05) is 20.1 Å². The van der Waals surface area contributed by atoms with Gasteiger partial charge in [0.25, 0.3) is 5.91 Å². The molecule has 0 radical (unpaired) electrons. The number of hydrogen-bond acceptors (Lipinski definition) is 4. The molecule has 1 saturated heterocycles. The van der Waals surface area contributed by atoms with Gasteiger partial charge in [0.05, 0.1) is 4.88 Å². The van der Waals surface area contributed by atoms with Gasteiger partial charge in [0.1, 0.15) is 4.88 Å². The van der Waals surface area contributed by atoms with Crippen LogP contribution in [0.5, 0.6) is 0 Å². The van der Waals surface area contributed by atoms with Crippen LogP contribution >= 0.6 is 11.3 Å². The number of carboxylic acid groups (broad SMARTS) is 1. The number of nitrogens with one attached hydrogen (secondary N) is 1. The van der Waals surface area contributed by atoms with E-state index in [-0.39, 0.29) is 22.6 Å². The molecule has 6 nitrogen and oxygen atoms in total. The van der Waals surface area contributed by atoms with Gasteiger partial charge in [-0.05, 0) is 25.0 Å². The van der Waals surface area contributed by atoms with E-state index < -0.39 is 5.97 Å². The van der Waals surface area contributed by atoms with Crippen molar-refractivity contribution in [2.45, 2.75) is 12.8 Å². The van der Waals surface area contributed by atoms with Crippen LogP contribution < -0.4 is 5.32 Å². The van der Waals surface area contributed by atoms with Gasteiger partial charge in [-0.3, -0.25) is 9.59 Å². The lowest BCUT2D eigenvalue weighted by atomic mass is 9.96. The number of thiophene rings is 1. The number of hydrogen-bond donors (Lipinski definition) is 2. The Labute approximate surface area is 120 Å². The van der Waals surface area contributed by atoms with E-state index in [2.05, 4.69) is 5.32 Å². The van der Waals surface area contributed by atoms with E-state index in [1.54, 1.807) is 18.0 Å². The van der Waals surface area contributed by atoms with Gasteiger partial charge in [0.2, 0.25) is 5.91 Å². The minimum atomic E-state index is -1.02. The predicted molar refractivity (Wildman–Crippen MR) is 74.0 cm³/mol. The van der Waals surface area contributed by atoms with Crippen LogP contribution in [0.2, 0.25) is 0 Å². The molecule has 1 aromatic rings. The van der Waals surface area contributed by atoms with Gasteiger partial charge in [-0.2, -0.15) is 0 Å². The average Bonchev–Trinajstić information content (AvgIpc) is 2.96. The van der Waals surface area contributed by atoms with Crippen LogP contribution in [0.15, 0.2) is 12.1 Å². The fourth-order valence-electron chi connectivity index (χ4n) is 2.27. The minimum absolute atomic E-state index is 0.0152. The molecule has 0 unspecified atom stereocenters. The van der Waals surface area contributed by atoms with Crippen molar-refractivity contribution in [3.63, 3.8) is 0 Å². The molecule has 0 aliphatic carbocycles. The molecule has 1 fully saturated rings. The molecule has 1 aliphatic heterocycles. The fourth-order valence-corrected chi connectivity index (χ4v) is 3.09. The number of nitrogens with zero attached hydrogens (tertiary/aromatic N) is 1. The number of carbonyl (C=O) groups is 3. The number of carboxylic acids is 1. The summed E-state index contributed by atoms with van der Waals surface area (Å²) in [5.41, 5.74) is 0. The van der Waals surface area contributed by atoms with Crippen LogP contribution in [0.4, 0.5) is 0 Å². The lowest BCUT2D eigenvalue weighted by molar-refractivity contribution is -0.125. The van der Waals surface area contributed by atoms with E-state index in [0.717, 1.165) is 11.3 Å². The first-order valence-corrected chi connectivity index (χ1v) is 7.18. The normalized spacial score (nSPS) is 15.9. The van der Waals surface area contributed by atoms with Gasteiger partial charge in [0.15, 0.2) is 0 Å². The summed E-state index contributed by atoms with van der Waals surface area (Å²) in [5.74, 6) is -1.20. The monoisotopic (exact) mass is 296 g/mol. The van der Waals surface area contributed by atoms with E-state index in [1.165, 1.54) is 6.07 Å². The molecule has 2 rings (SSSR count). The molecule has 0 bridgehead atoms. The van der Waals surface area contributed by atoms with Crippen LogP contribution in [0, 0.1) is 5.92 Å². The number of rotatable bonds is 3. The third kappa shape index (κ3) is 2.98. The summed E-state index contributed by atoms with van der Waals surface area (Å²) in [6, 6.07) is 2.98. The van der Waals surface area contributed by atoms with E-state index in [1.807, 2.05) is 0 Å². The quantitative estimate of drug-likeness (QED) is 0.872. The maximum Gasteiger partial charge on any atom is 0.345 e. The molecule has 0 spiro atoms. The highest BCUT2D eigenvalue weighted by molar-refractivity contribution is 7.15. The predicted octanol–water partition coefficient (Wildman–Crippen LogP) is 1.04. The number of carbonyl (C=O) groups excluding carboxylic acids is 2. The number of piperidine rings is 1. The highest BCUT2D eigenvalue weighted by Crippen LogP contribution is 2.22. The Hall–Kier alpha value is -1.89. The summed E-state index contributed by atoms with van der Waals surface area (Å²) < 4.78 is 0. The zero-order chi connectivity index (χ0) is 14.7. The second-order valence-electron chi connectivity index (χ2n) is 4.65. The number of likely N-dealkylation sites (tertiary alicyclic amines) is 1. The Morgan fingerprint density at radius 1 is 1.25 bits per heavy atom. The van der Waals surface area contributed by atoms with Crippen LogP contribution in [0.3, 0.4) is 0 Å². The zero-order valence-corrected chi connectivity index (χ0v) is 11.9. The van der Waals surface area contributed by atoms with Crippen LogP contribution in [-0.4, -0.2) is 47.9 Å². The Bertz CT molecular complexity index is 532. The molecule has 1 aromatic heterocycles. The first kappa shape index (κ1) is 14.5. The third-order valence-electron chi connectivity index (χ3n) is 3.43. The summed E-state index contributed by atoms with van der Waals surface area (Å²) in [6.07, 6.45) is 1.28. The first-order valence-electron chi connectivity index (χ1n) is 6.37. The van der Waals surface area contributed by atoms with Gasteiger partial charge < -0.3 is 15.3 Å². The molecule has 7 heteroatoms. The summed E-state index contributed by atoms with van der Waals surface area (Å²) in [7, 11) is 1.61. The average molecular weight is 296 g/mol. The molecule has 2 amide bonds. The second-order valence-corrected chi connectivity index (χ2v) is 5.73. The van der Waals surface area contributed by atoms with Gasteiger partial charge in [-0.1, -0.05) is 0 Å². The van der Waals surface area contributed by atoms with E-state index in [0.29, 0.717) is 30.8 Å². The van der Waals surface area contributed by atoms with Gasteiger partial charge in [0, 0.05) is 26.1 Å². The van der Waals surface area contributed by atoms with Gasteiger partial charge in [-0.25, -0.2) is 4.79 Å². The van der Waals surface area contributed by atoms with Crippen molar-refractivity contribution in [3.05, 3.63) is 21.9 Å². The third-order valence-corrected chi connectivity index (χ3v) is 4.49. The maximum atomic E-state index is 12.2. The molecule has 0 aromatic carbocycles. The van der Waals surface area contributed by atoms with Crippen LogP contribution in [0.1, 0.15) is 32.2 Å². The number of aromatic carboxylic acids is 1. The van der Waals surface area contributed by atoms with Gasteiger partial charge >= 0.3 is 5.97 Å². The molecule has 0 atom stereocenters. The maximum absolute atomic E-state index is 12.2. The summed E-state index contributed by atoms with van der Waals surface area (Å²) in [5, 5.41) is 11.5. The smallest absolute Gasteiger partial charge is 0.345 e. The van der Waals surface area contributed by atoms with Gasteiger partial charge in [-0.15, -0.1) is 11.3 Å². The van der Waals surface area contributed by atoms with Crippen LogP contribution in [0.25, 0.3) is 0 Å². The number of amides is 2. The lowest BCUT2D eigenvalue weighted by Gasteiger charge is -2.30. The largest absolute Gasteiger partial charge is 0.477 e. The Morgan fingerprint density at radius 2 is 1.85 bits per heavy atom. The molecular weight excluding hydrogens is 280 g/mol. The Kier molecular flexibility index (Phi) is 4.39. The van der Waals surface area contributed by atoms with Crippen LogP contribution in [-0.2, 0) is 4.79 Å². The molecule has 20 heavy (non-hydrogen) atoms. The van der Waals surface area contributed by atoms with Crippen molar-refractivity contribution in [3.8, 4) is 0 Å². The second kappa shape index (κ2) is 6.04. The highest BCUT2D eigenvalue weighted by atomic mass is 32.1. The van der Waals surface area contributed by atoms with E-state index in [9.17, 15) is 14.4 Å². The SMILES string of the molecule is CNC(=O)C1CCN(C(=O)c2ccc(C(=O)O)s2)CC1. The molecule has 2 N–H and O–H groups in total. The zero-order valence-electron chi connectivity index (χ0n) is 11.1. The van der Waals surface area contributed by atoms with Crippen molar-refractivity contribution in [1.82, 2.24) is 10.2 Å². The Balaban J connectivity index is 1.97. The minimum Gasteiger partial charge on any atom is -0.477 e. The molecular formula is C13H16N2O4S. The summed E-state index contributed by atoms with van der Waals surface area (Å²) in [4.78, 5) is 36.8. The lowest BCUT2D eigenvalue weighted by Crippen LogP contribution is -2.42. The van der Waals surface area contributed by atoms with E-state index in [4.69, 9.17) is 5.11 Å². The standard InChI is InChI=1S/C13H16N2O4S/c1-14-11(16)8-4-6-15(7-5-8)12(17)9-2-3-10(20-9)13(18)19/h2-3,8H,4-7H2,1H3,(H,14,16)(H,18,19). The van der Waals surface area contributed by atoms with Crippen molar-refractivity contribution < 1.29 is 19.5 Å². The van der Waals surface area contributed by atoms with E-state index >= 15 is 0 Å². The molecule has 1 aliphatic rings. The molecule has 2 heterocycles. The van der Waals surface area contributed by atoms with Crippen molar-refractivity contribution in [1.29, 1.82) is 0 Å². The molecule has 108 valence electrons. The highest BCUT2D eigenvalue weighted by Gasteiger charge is 2.28.